The maximum Gasteiger partial charge on any atom is 0.0689 e. The first-order valence-electron chi connectivity index (χ1n) is 2.15. The lowest BCUT2D eigenvalue weighted by atomic mass is 11.0. The molecule has 0 bridgehead atoms. The molecular weight excluding hydrogens is 128 g/mol. The van der Waals surface area contributed by atoms with Crippen molar-refractivity contribution in [3.63, 3.8) is 0 Å². The van der Waals surface area contributed by atoms with E-state index in [2.05, 4.69) is 0 Å². The van der Waals surface area contributed by atoms with Crippen molar-refractivity contribution in [2.45, 2.75) is 6.92 Å². The highest BCUT2D eigenvalue weighted by Gasteiger charge is 1.88. The third-order valence-electron chi connectivity index (χ3n) is 0.571. The molecule has 0 amide bonds. The van der Waals surface area contributed by atoms with Gasteiger partial charge in [-0.1, -0.05) is 6.92 Å². The second-order valence-corrected chi connectivity index (χ2v) is 4.11. The zero-order chi connectivity index (χ0) is 5.70. The van der Waals surface area contributed by atoms with Gasteiger partial charge in [-0.3, -0.25) is 4.21 Å². The summed E-state index contributed by atoms with van der Waals surface area (Å²) in [5.74, 6) is 0.792. The SMILES string of the molecule is CC[S@](=O)CSC. The number of rotatable bonds is 3. The van der Waals surface area contributed by atoms with Gasteiger partial charge in [0, 0.05) is 16.6 Å². The molecule has 0 aromatic heterocycles. The molecule has 7 heavy (non-hydrogen) atoms. The average Bonchev–Trinajstić information content (AvgIpc) is 1.68. The molecule has 0 aromatic carbocycles. The van der Waals surface area contributed by atoms with Crippen molar-refractivity contribution < 1.29 is 4.21 Å². The van der Waals surface area contributed by atoms with Gasteiger partial charge in [0.05, 0.1) is 5.08 Å². The number of hydrogen-bond donors (Lipinski definition) is 0. The Labute approximate surface area is 51.3 Å². The Hall–Kier alpha value is 0.500. The van der Waals surface area contributed by atoms with Crippen LogP contribution in [0.1, 0.15) is 6.92 Å². The Morgan fingerprint density at radius 1 is 1.71 bits per heavy atom. The monoisotopic (exact) mass is 138 g/mol. The minimum atomic E-state index is -0.564. The van der Waals surface area contributed by atoms with Crippen molar-refractivity contribution >= 4 is 22.6 Å². The number of thioether (sulfide) groups is 1. The molecule has 0 heterocycles. The van der Waals surface area contributed by atoms with Crippen LogP contribution in [-0.4, -0.2) is 21.3 Å². The fraction of sp³-hybridized carbons (Fsp3) is 1.00. The predicted molar refractivity (Wildman–Crippen MR) is 37.1 cm³/mol. The summed E-state index contributed by atoms with van der Waals surface area (Å²) in [5, 5.41) is 0.788. The highest BCUT2D eigenvalue weighted by molar-refractivity contribution is 8.09. The van der Waals surface area contributed by atoms with Crippen LogP contribution < -0.4 is 0 Å². The standard InChI is InChI=1S/C4H10OS2/c1-3-7(5)4-6-2/h3-4H2,1-2H3/t7-/m0/s1. The lowest BCUT2D eigenvalue weighted by Gasteiger charge is -1.89. The van der Waals surface area contributed by atoms with Crippen LogP contribution in [0.4, 0.5) is 0 Å². The zero-order valence-electron chi connectivity index (χ0n) is 4.64. The molecule has 1 atom stereocenters. The third-order valence-corrected chi connectivity index (χ3v) is 3.21. The molecule has 0 radical (unpaired) electrons. The van der Waals surface area contributed by atoms with E-state index in [1.807, 2.05) is 13.2 Å². The van der Waals surface area contributed by atoms with Gasteiger partial charge in [0.2, 0.25) is 0 Å². The fourth-order valence-corrected chi connectivity index (χ4v) is 1.93. The average molecular weight is 138 g/mol. The van der Waals surface area contributed by atoms with Crippen LogP contribution in [-0.2, 0) is 10.8 Å². The van der Waals surface area contributed by atoms with Crippen molar-refractivity contribution in [1.29, 1.82) is 0 Å². The van der Waals surface area contributed by atoms with Crippen molar-refractivity contribution in [2.24, 2.45) is 0 Å². The summed E-state index contributed by atoms with van der Waals surface area (Å²) in [6.07, 6.45) is 1.97. The molecular formula is C4H10OS2. The van der Waals surface area contributed by atoms with E-state index >= 15 is 0 Å². The number of hydrogen-bond acceptors (Lipinski definition) is 2. The molecule has 0 saturated heterocycles. The van der Waals surface area contributed by atoms with Gasteiger partial charge in [-0.15, -0.1) is 0 Å². The largest absolute Gasteiger partial charge is 0.259 e. The van der Waals surface area contributed by atoms with E-state index in [1.54, 1.807) is 11.8 Å². The Kier molecular flexibility index (Phi) is 4.99. The van der Waals surface area contributed by atoms with Gasteiger partial charge in [-0.25, -0.2) is 0 Å². The summed E-state index contributed by atoms with van der Waals surface area (Å²) in [7, 11) is -0.564. The first kappa shape index (κ1) is 7.50. The second-order valence-electron chi connectivity index (χ2n) is 1.14. The molecule has 1 nitrogen and oxygen atoms in total. The van der Waals surface area contributed by atoms with Crippen LogP contribution in [0, 0.1) is 0 Å². The van der Waals surface area contributed by atoms with Crippen molar-refractivity contribution in [2.75, 3.05) is 17.1 Å². The van der Waals surface area contributed by atoms with E-state index in [4.69, 9.17) is 0 Å². The fourth-order valence-electron chi connectivity index (χ4n) is 0.215. The van der Waals surface area contributed by atoms with Gasteiger partial charge < -0.3 is 0 Å². The molecule has 0 rings (SSSR count). The Balaban J connectivity index is 3.00. The summed E-state index contributed by atoms with van der Waals surface area (Å²) in [6, 6.07) is 0. The Morgan fingerprint density at radius 3 is 2.43 bits per heavy atom. The van der Waals surface area contributed by atoms with E-state index in [9.17, 15) is 4.21 Å². The van der Waals surface area contributed by atoms with Gasteiger partial charge in [0.1, 0.15) is 0 Å². The van der Waals surface area contributed by atoms with Crippen LogP contribution in [0.5, 0.6) is 0 Å². The van der Waals surface area contributed by atoms with Crippen LogP contribution in [0.15, 0.2) is 0 Å². The van der Waals surface area contributed by atoms with Crippen molar-refractivity contribution in [3.05, 3.63) is 0 Å². The molecule has 0 unspecified atom stereocenters. The maximum atomic E-state index is 10.5. The molecule has 0 aliphatic heterocycles. The topological polar surface area (TPSA) is 17.1 Å². The van der Waals surface area contributed by atoms with E-state index in [0.29, 0.717) is 0 Å². The van der Waals surface area contributed by atoms with Gasteiger partial charge in [-0.2, -0.15) is 11.8 Å². The first-order chi connectivity index (χ1) is 3.31. The highest BCUT2D eigenvalue weighted by atomic mass is 32.2. The zero-order valence-corrected chi connectivity index (χ0v) is 6.27. The molecule has 44 valence electrons. The van der Waals surface area contributed by atoms with E-state index in [-0.39, 0.29) is 0 Å². The summed E-state index contributed by atoms with van der Waals surface area (Å²) in [4.78, 5) is 0. The Morgan fingerprint density at radius 2 is 2.29 bits per heavy atom. The lowest BCUT2D eigenvalue weighted by Crippen LogP contribution is -1.93. The van der Waals surface area contributed by atoms with Crippen molar-refractivity contribution in [1.82, 2.24) is 0 Å². The lowest BCUT2D eigenvalue weighted by molar-refractivity contribution is 0.687. The second kappa shape index (κ2) is 4.65. The van der Waals surface area contributed by atoms with Gasteiger partial charge in [-0.05, 0) is 6.26 Å². The molecule has 3 heteroatoms. The summed E-state index contributed by atoms with van der Waals surface area (Å²) < 4.78 is 10.5. The van der Waals surface area contributed by atoms with Gasteiger partial charge >= 0.3 is 0 Å². The Bertz CT molecular complexity index is 62.7. The summed E-state index contributed by atoms with van der Waals surface area (Å²) >= 11 is 1.63. The maximum absolute atomic E-state index is 10.5. The molecule has 0 aliphatic carbocycles. The van der Waals surface area contributed by atoms with Crippen molar-refractivity contribution in [3.8, 4) is 0 Å². The van der Waals surface area contributed by atoms with Crippen LogP contribution in [0.25, 0.3) is 0 Å². The first-order valence-corrected chi connectivity index (χ1v) is 5.03. The quantitative estimate of drug-likeness (QED) is 0.580. The highest BCUT2D eigenvalue weighted by Crippen LogP contribution is 1.94. The summed E-state index contributed by atoms with van der Waals surface area (Å²) in [6.45, 7) is 1.94. The van der Waals surface area contributed by atoms with Crippen LogP contribution >= 0.6 is 11.8 Å². The molecule has 0 fully saturated rings. The minimum absolute atomic E-state index is 0.564. The normalized spacial score (nSPS) is 14.0. The molecule has 0 spiro atoms. The molecule has 0 aromatic rings. The van der Waals surface area contributed by atoms with E-state index in [1.165, 1.54) is 0 Å². The smallest absolute Gasteiger partial charge is 0.0689 e. The van der Waals surface area contributed by atoms with Gasteiger partial charge in [0.15, 0.2) is 0 Å². The minimum Gasteiger partial charge on any atom is -0.259 e. The molecule has 0 N–H and O–H groups in total. The van der Waals surface area contributed by atoms with Crippen LogP contribution in [0.3, 0.4) is 0 Å². The molecule has 0 aliphatic rings. The van der Waals surface area contributed by atoms with E-state index < -0.39 is 10.8 Å². The summed E-state index contributed by atoms with van der Waals surface area (Å²) in [5.41, 5.74) is 0. The molecule has 0 saturated carbocycles. The van der Waals surface area contributed by atoms with Crippen LogP contribution in [0.2, 0.25) is 0 Å². The third kappa shape index (κ3) is 4.35. The predicted octanol–water partition coefficient (Wildman–Crippen LogP) is 1.08. The van der Waals surface area contributed by atoms with Gasteiger partial charge in [0.25, 0.3) is 0 Å². The van der Waals surface area contributed by atoms with E-state index in [0.717, 1.165) is 10.8 Å².